The van der Waals surface area contributed by atoms with Gasteiger partial charge in [-0.15, -0.1) is 11.3 Å². The second-order valence-electron chi connectivity index (χ2n) is 6.61. The second kappa shape index (κ2) is 7.92. The summed E-state index contributed by atoms with van der Waals surface area (Å²) in [6.45, 7) is 2.10. The van der Waals surface area contributed by atoms with Gasteiger partial charge in [-0.05, 0) is 59.1 Å². The highest BCUT2D eigenvalue weighted by Gasteiger charge is 2.27. The summed E-state index contributed by atoms with van der Waals surface area (Å²) < 4.78 is 6.37. The van der Waals surface area contributed by atoms with Crippen LogP contribution in [-0.2, 0) is 6.42 Å². The number of aromatic nitrogens is 1. The van der Waals surface area contributed by atoms with Crippen molar-refractivity contribution in [2.45, 2.75) is 19.4 Å². The lowest BCUT2D eigenvalue weighted by Gasteiger charge is -2.22. The van der Waals surface area contributed by atoms with E-state index in [4.69, 9.17) is 9.84 Å². The highest BCUT2D eigenvalue weighted by Crippen LogP contribution is 2.34. The van der Waals surface area contributed by atoms with Gasteiger partial charge in [0.05, 0.1) is 28.3 Å². The van der Waals surface area contributed by atoms with Gasteiger partial charge in [0, 0.05) is 34.8 Å². The van der Waals surface area contributed by atoms with Crippen LogP contribution in [0.25, 0.3) is 0 Å². The van der Waals surface area contributed by atoms with Crippen LogP contribution in [0, 0.1) is 10.1 Å². The highest BCUT2D eigenvalue weighted by molar-refractivity contribution is 9.10. The maximum atomic E-state index is 11.1. The number of nitrogens with zero attached hydrogens (tertiary/aromatic N) is 4. The molecule has 2 aromatic carbocycles. The second-order valence-corrected chi connectivity index (χ2v) is 8.34. The number of hydrazone groups is 1. The molecule has 0 saturated heterocycles. The number of anilines is 1. The molecule has 0 bridgehead atoms. The first-order valence-corrected chi connectivity index (χ1v) is 10.5. The van der Waals surface area contributed by atoms with Crippen molar-refractivity contribution < 1.29 is 9.66 Å². The van der Waals surface area contributed by atoms with Gasteiger partial charge < -0.3 is 4.74 Å². The van der Waals surface area contributed by atoms with Gasteiger partial charge in [0.1, 0.15) is 5.75 Å². The zero-order valence-corrected chi connectivity index (χ0v) is 18.1. The Morgan fingerprint density at radius 3 is 2.69 bits per heavy atom. The van der Waals surface area contributed by atoms with Crippen molar-refractivity contribution in [3.8, 4) is 5.75 Å². The van der Waals surface area contributed by atoms with Crippen molar-refractivity contribution in [2.24, 2.45) is 5.10 Å². The summed E-state index contributed by atoms with van der Waals surface area (Å²) in [6.07, 6.45) is 2.52. The first kappa shape index (κ1) is 19.5. The van der Waals surface area contributed by atoms with E-state index in [0.29, 0.717) is 5.75 Å². The van der Waals surface area contributed by atoms with Gasteiger partial charge >= 0.3 is 0 Å². The number of methoxy groups -OCH3 is 1. The summed E-state index contributed by atoms with van der Waals surface area (Å²) in [5.74, 6) is 0.703. The zero-order chi connectivity index (χ0) is 20.5. The van der Waals surface area contributed by atoms with Crippen LogP contribution >= 0.6 is 27.3 Å². The summed E-state index contributed by atoms with van der Waals surface area (Å²) in [5.41, 5.74) is 3.60. The fourth-order valence-corrected chi connectivity index (χ4v) is 4.57. The highest BCUT2D eigenvalue weighted by atomic mass is 79.9. The molecule has 9 heteroatoms. The number of thiazole rings is 1. The van der Waals surface area contributed by atoms with Gasteiger partial charge in [0.2, 0.25) is 5.13 Å². The number of hydrogen-bond donors (Lipinski definition) is 0. The van der Waals surface area contributed by atoms with E-state index in [1.165, 1.54) is 23.5 Å². The summed E-state index contributed by atoms with van der Waals surface area (Å²) in [4.78, 5) is 15.1. The minimum absolute atomic E-state index is 0.0433. The zero-order valence-electron chi connectivity index (χ0n) is 15.7. The molecular weight excluding hydrogens is 456 g/mol. The van der Waals surface area contributed by atoms with E-state index in [9.17, 15) is 10.1 Å². The molecule has 0 amide bonds. The number of ether oxygens (including phenoxy) is 1. The number of hydrogen-bond acceptors (Lipinski definition) is 7. The lowest BCUT2D eigenvalue weighted by molar-refractivity contribution is -0.384. The SMILES string of the molecule is COc1cc2c(cc1Br)CC(C)N(c1nccs1)N=C2c1ccc([N+](=O)[O-])cc1. The smallest absolute Gasteiger partial charge is 0.269 e. The third-order valence-corrected chi connectivity index (χ3v) is 6.12. The lowest BCUT2D eigenvalue weighted by atomic mass is 9.94. The molecule has 0 radical (unpaired) electrons. The fraction of sp³-hybridized carbons (Fsp3) is 0.200. The predicted molar refractivity (Wildman–Crippen MR) is 117 cm³/mol. The molecule has 0 N–H and O–H groups in total. The van der Waals surface area contributed by atoms with Crippen LogP contribution in [-0.4, -0.2) is 28.8 Å². The Labute approximate surface area is 179 Å². The molecular formula is C20H17BrN4O3S. The fourth-order valence-electron chi connectivity index (χ4n) is 3.32. The normalized spacial score (nSPS) is 16.0. The van der Waals surface area contributed by atoms with Crippen LogP contribution in [0.4, 0.5) is 10.8 Å². The molecule has 0 spiro atoms. The molecule has 1 aliphatic heterocycles. The van der Waals surface area contributed by atoms with Crippen molar-refractivity contribution in [3.05, 3.63) is 79.3 Å². The maximum absolute atomic E-state index is 11.1. The third-order valence-electron chi connectivity index (χ3n) is 4.74. The molecule has 3 aromatic rings. The molecule has 2 heterocycles. The molecule has 0 saturated carbocycles. The van der Waals surface area contributed by atoms with E-state index in [1.807, 2.05) is 16.5 Å². The van der Waals surface area contributed by atoms with Gasteiger partial charge in [-0.3, -0.25) is 10.1 Å². The molecule has 0 aliphatic carbocycles. The third kappa shape index (κ3) is 3.75. The molecule has 1 unspecified atom stereocenters. The topological polar surface area (TPSA) is 80.9 Å². The van der Waals surface area contributed by atoms with Gasteiger partial charge in [-0.1, -0.05) is 0 Å². The first-order valence-electron chi connectivity index (χ1n) is 8.87. The van der Waals surface area contributed by atoms with Crippen molar-refractivity contribution in [3.63, 3.8) is 0 Å². The number of nitro groups is 1. The van der Waals surface area contributed by atoms with E-state index in [1.54, 1.807) is 25.4 Å². The minimum Gasteiger partial charge on any atom is -0.496 e. The van der Waals surface area contributed by atoms with E-state index >= 15 is 0 Å². The van der Waals surface area contributed by atoms with E-state index in [2.05, 4.69) is 33.9 Å². The Morgan fingerprint density at radius 1 is 1.31 bits per heavy atom. The molecule has 1 aliphatic rings. The van der Waals surface area contributed by atoms with Gasteiger partial charge in [-0.2, -0.15) is 5.10 Å². The van der Waals surface area contributed by atoms with Crippen LogP contribution in [0.1, 0.15) is 23.6 Å². The molecule has 29 heavy (non-hydrogen) atoms. The lowest BCUT2D eigenvalue weighted by Crippen LogP contribution is -2.29. The summed E-state index contributed by atoms with van der Waals surface area (Å²) in [7, 11) is 1.62. The Morgan fingerprint density at radius 2 is 2.07 bits per heavy atom. The van der Waals surface area contributed by atoms with Crippen LogP contribution in [0.5, 0.6) is 5.75 Å². The molecule has 148 valence electrons. The number of nitro benzene ring substituents is 1. The number of benzene rings is 2. The van der Waals surface area contributed by atoms with Crippen LogP contribution in [0.3, 0.4) is 0 Å². The standard InChI is InChI=1S/C20H17BrN4O3S/c1-12-9-14-10-17(21)18(28-2)11-16(14)19(23-24(12)20-22-7-8-29-20)13-3-5-15(6-4-13)25(26)27/h3-8,10-12H,9H2,1-2H3. The van der Waals surface area contributed by atoms with E-state index in [-0.39, 0.29) is 11.7 Å². The molecule has 1 aromatic heterocycles. The summed E-state index contributed by atoms with van der Waals surface area (Å²) in [5, 5.41) is 20.6. The van der Waals surface area contributed by atoms with Gasteiger partial charge in [0.15, 0.2) is 0 Å². The van der Waals surface area contributed by atoms with Gasteiger partial charge in [-0.25, -0.2) is 9.99 Å². The maximum Gasteiger partial charge on any atom is 0.269 e. The minimum atomic E-state index is -0.406. The Balaban J connectivity index is 1.91. The summed E-state index contributed by atoms with van der Waals surface area (Å²) in [6, 6.07) is 10.5. The Hall–Kier alpha value is -2.78. The van der Waals surface area contributed by atoms with Crippen LogP contribution in [0.15, 0.2) is 57.5 Å². The van der Waals surface area contributed by atoms with Crippen molar-refractivity contribution in [1.29, 1.82) is 0 Å². The van der Waals surface area contributed by atoms with Crippen LogP contribution in [0.2, 0.25) is 0 Å². The Bertz CT molecular complexity index is 1080. The average Bonchev–Trinajstić information content (AvgIpc) is 3.19. The average molecular weight is 473 g/mol. The Kier molecular flexibility index (Phi) is 5.33. The van der Waals surface area contributed by atoms with E-state index < -0.39 is 4.92 Å². The summed E-state index contributed by atoms with van der Waals surface area (Å²) >= 11 is 5.09. The van der Waals surface area contributed by atoms with Crippen molar-refractivity contribution in [2.75, 3.05) is 12.1 Å². The van der Waals surface area contributed by atoms with Crippen molar-refractivity contribution >= 4 is 43.8 Å². The van der Waals surface area contributed by atoms with Gasteiger partial charge in [0.25, 0.3) is 5.69 Å². The van der Waals surface area contributed by atoms with E-state index in [0.717, 1.165) is 38.4 Å². The van der Waals surface area contributed by atoms with Crippen LogP contribution < -0.4 is 9.75 Å². The van der Waals surface area contributed by atoms with Crippen molar-refractivity contribution in [1.82, 2.24) is 4.98 Å². The molecule has 1 atom stereocenters. The number of non-ortho nitro benzene ring substituents is 1. The predicted octanol–water partition coefficient (Wildman–Crippen LogP) is 5.03. The number of fused-ring (bicyclic) bond motifs is 1. The molecule has 7 nitrogen and oxygen atoms in total. The first-order chi connectivity index (χ1) is 14.0. The molecule has 4 rings (SSSR count). The number of rotatable bonds is 4. The quantitative estimate of drug-likeness (QED) is 0.393. The number of halogens is 1. The monoisotopic (exact) mass is 472 g/mol. The largest absolute Gasteiger partial charge is 0.496 e. The molecule has 0 fully saturated rings.